The number of piperidine rings is 1. The fourth-order valence-electron chi connectivity index (χ4n) is 3.27. The maximum atomic E-state index is 12.9. The average molecular weight is 313 g/mol. The summed E-state index contributed by atoms with van der Waals surface area (Å²) in [7, 11) is 0. The molecule has 7 heteroatoms. The molecule has 2 heterocycles. The molecule has 0 aliphatic carbocycles. The number of likely N-dealkylation sites (tertiary alicyclic amines) is 1. The van der Waals surface area contributed by atoms with Crippen LogP contribution in [0.1, 0.15) is 18.4 Å². The quantitative estimate of drug-likeness (QED) is 0.837. The molecule has 2 amide bonds. The number of hydrogen-bond acceptors (Lipinski definition) is 2. The zero-order valence-corrected chi connectivity index (χ0v) is 12.0. The van der Waals surface area contributed by atoms with Gasteiger partial charge in [0.15, 0.2) is 0 Å². The fourth-order valence-corrected chi connectivity index (χ4v) is 3.27. The molecule has 1 aromatic carbocycles. The molecule has 1 aromatic rings. The van der Waals surface area contributed by atoms with Crippen LogP contribution in [0.2, 0.25) is 0 Å². The number of halogens is 3. The summed E-state index contributed by atoms with van der Waals surface area (Å²) in [5, 5.41) is 5.80. The van der Waals surface area contributed by atoms with E-state index in [1.54, 1.807) is 4.90 Å². The van der Waals surface area contributed by atoms with E-state index in [4.69, 9.17) is 0 Å². The Labute approximate surface area is 126 Å². The minimum atomic E-state index is -4.48. The molecular weight excluding hydrogens is 295 g/mol. The van der Waals surface area contributed by atoms with Crippen molar-refractivity contribution < 1.29 is 18.0 Å². The molecule has 0 saturated carbocycles. The highest BCUT2D eigenvalue weighted by molar-refractivity contribution is 5.90. The van der Waals surface area contributed by atoms with E-state index in [0.29, 0.717) is 25.0 Å². The Morgan fingerprint density at radius 3 is 2.82 bits per heavy atom. The molecule has 0 aromatic heterocycles. The Balaban J connectivity index is 1.70. The van der Waals surface area contributed by atoms with E-state index < -0.39 is 17.8 Å². The van der Waals surface area contributed by atoms with E-state index in [1.165, 1.54) is 18.2 Å². The Hall–Kier alpha value is -1.76. The van der Waals surface area contributed by atoms with Crippen molar-refractivity contribution in [2.75, 3.05) is 25.0 Å². The molecule has 0 bridgehead atoms. The normalized spacial score (nSPS) is 25.0. The number of hydrogen-bond donors (Lipinski definition) is 2. The Kier molecular flexibility index (Phi) is 3.99. The maximum absolute atomic E-state index is 12.9. The second kappa shape index (κ2) is 5.79. The first-order valence-electron chi connectivity index (χ1n) is 7.40. The van der Waals surface area contributed by atoms with Gasteiger partial charge < -0.3 is 15.5 Å². The van der Waals surface area contributed by atoms with Crippen LogP contribution >= 0.6 is 0 Å². The molecule has 22 heavy (non-hydrogen) atoms. The van der Waals surface area contributed by atoms with E-state index in [2.05, 4.69) is 10.6 Å². The molecule has 2 unspecified atom stereocenters. The van der Waals surface area contributed by atoms with Crippen molar-refractivity contribution in [2.45, 2.75) is 25.1 Å². The van der Waals surface area contributed by atoms with Crippen LogP contribution in [0.15, 0.2) is 24.3 Å². The number of carbonyl (C=O) groups is 1. The third kappa shape index (κ3) is 3.04. The number of carbonyl (C=O) groups excluding carboxylic acids is 1. The second-order valence-electron chi connectivity index (χ2n) is 5.82. The number of amides is 2. The minimum absolute atomic E-state index is 0.188. The van der Waals surface area contributed by atoms with Gasteiger partial charge in [-0.25, -0.2) is 4.79 Å². The van der Waals surface area contributed by atoms with Gasteiger partial charge in [0.2, 0.25) is 0 Å². The van der Waals surface area contributed by atoms with Crippen molar-refractivity contribution in [1.82, 2.24) is 10.2 Å². The van der Waals surface area contributed by atoms with Gasteiger partial charge in [0.1, 0.15) is 0 Å². The van der Waals surface area contributed by atoms with Gasteiger partial charge >= 0.3 is 12.2 Å². The molecule has 4 nitrogen and oxygen atoms in total. The van der Waals surface area contributed by atoms with Crippen molar-refractivity contribution in [1.29, 1.82) is 0 Å². The summed E-state index contributed by atoms with van der Waals surface area (Å²) in [5.74, 6) is 0.400. The molecule has 0 spiro atoms. The van der Waals surface area contributed by atoms with Crippen LogP contribution in [0.5, 0.6) is 0 Å². The van der Waals surface area contributed by atoms with Crippen LogP contribution in [0.25, 0.3) is 0 Å². The van der Waals surface area contributed by atoms with Crippen molar-refractivity contribution in [3.05, 3.63) is 29.8 Å². The highest BCUT2D eigenvalue weighted by atomic mass is 19.4. The first-order valence-corrected chi connectivity index (χ1v) is 7.40. The van der Waals surface area contributed by atoms with Gasteiger partial charge in [-0.2, -0.15) is 13.2 Å². The molecule has 2 fully saturated rings. The molecule has 2 saturated heterocycles. The SMILES string of the molecule is O=C(Nc1ccccc1C(F)(F)F)N1CCC2NCCC2C1. The van der Waals surface area contributed by atoms with Crippen molar-refractivity contribution in [3.8, 4) is 0 Å². The molecule has 120 valence electrons. The molecular formula is C15H18F3N3O. The van der Waals surface area contributed by atoms with Gasteiger partial charge in [-0.1, -0.05) is 12.1 Å². The number of alkyl halides is 3. The summed E-state index contributed by atoms with van der Waals surface area (Å²) >= 11 is 0. The summed E-state index contributed by atoms with van der Waals surface area (Å²) in [6.45, 7) is 2.10. The average Bonchev–Trinajstić information content (AvgIpc) is 2.94. The van der Waals surface area contributed by atoms with Crippen LogP contribution in [-0.4, -0.2) is 36.6 Å². The number of nitrogens with zero attached hydrogens (tertiary/aromatic N) is 1. The van der Waals surface area contributed by atoms with Crippen LogP contribution in [0, 0.1) is 5.92 Å². The lowest BCUT2D eigenvalue weighted by atomic mass is 9.93. The highest BCUT2D eigenvalue weighted by Gasteiger charge is 2.36. The summed E-state index contributed by atoms with van der Waals surface area (Å²) in [6.07, 6.45) is -2.63. The molecule has 0 radical (unpaired) electrons. The number of benzene rings is 1. The molecule has 3 rings (SSSR count). The first-order chi connectivity index (χ1) is 10.4. The van der Waals surface area contributed by atoms with Gasteiger partial charge in [0.05, 0.1) is 11.3 Å². The largest absolute Gasteiger partial charge is 0.418 e. The summed E-state index contributed by atoms with van der Waals surface area (Å²) in [4.78, 5) is 13.9. The zero-order valence-electron chi connectivity index (χ0n) is 12.0. The number of fused-ring (bicyclic) bond motifs is 1. The highest BCUT2D eigenvalue weighted by Crippen LogP contribution is 2.35. The van der Waals surface area contributed by atoms with Crippen LogP contribution in [0.3, 0.4) is 0 Å². The van der Waals surface area contributed by atoms with Gasteiger partial charge in [0, 0.05) is 19.1 Å². The molecule has 2 atom stereocenters. The topological polar surface area (TPSA) is 44.4 Å². The molecule has 2 N–H and O–H groups in total. The monoisotopic (exact) mass is 313 g/mol. The summed E-state index contributed by atoms with van der Waals surface area (Å²) < 4.78 is 38.8. The van der Waals surface area contributed by atoms with E-state index in [0.717, 1.165) is 25.5 Å². The van der Waals surface area contributed by atoms with Gasteiger partial charge in [-0.3, -0.25) is 0 Å². The van der Waals surface area contributed by atoms with E-state index >= 15 is 0 Å². The Morgan fingerprint density at radius 2 is 2.05 bits per heavy atom. The lowest BCUT2D eigenvalue weighted by Crippen LogP contribution is -2.48. The second-order valence-corrected chi connectivity index (χ2v) is 5.82. The number of rotatable bonds is 1. The van der Waals surface area contributed by atoms with E-state index in [9.17, 15) is 18.0 Å². The van der Waals surface area contributed by atoms with Crippen molar-refractivity contribution in [2.24, 2.45) is 5.92 Å². The smallest absolute Gasteiger partial charge is 0.324 e. The maximum Gasteiger partial charge on any atom is 0.418 e. The first kappa shape index (κ1) is 15.1. The zero-order chi connectivity index (χ0) is 15.7. The summed E-state index contributed by atoms with van der Waals surface area (Å²) in [5.41, 5.74) is -1.01. The van der Waals surface area contributed by atoms with E-state index in [-0.39, 0.29) is 5.69 Å². The van der Waals surface area contributed by atoms with E-state index in [1.807, 2.05) is 0 Å². The standard InChI is InChI=1S/C15H18F3N3O/c16-15(17,18)11-3-1-2-4-13(11)20-14(22)21-8-6-12-10(9-21)5-7-19-12/h1-4,10,12,19H,5-9H2,(H,20,22). The van der Waals surface area contributed by atoms with Gasteiger partial charge in [0.25, 0.3) is 0 Å². The predicted octanol–water partition coefficient (Wildman–Crippen LogP) is 2.92. The number of nitrogens with one attached hydrogen (secondary N) is 2. The van der Waals surface area contributed by atoms with Crippen LogP contribution < -0.4 is 10.6 Å². The third-order valence-corrected chi connectivity index (χ3v) is 4.42. The van der Waals surface area contributed by atoms with Crippen molar-refractivity contribution >= 4 is 11.7 Å². The lowest BCUT2D eigenvalue weighted by Gasteiger charge is -2.35. The van der Waals surface area contributed by atoms with Gasteiger partial charge in [-0.05, 0) is 37.4 Å². The number of urea groups is 1. The summed E-state index contributed by atoms with van der Waals surface area (Å²) in [6, 6.07) is 5.04. The number of para-hydroxylation sites is 1. The fraction of sp³-hybridized carbons (Fsp3) is 0.533. The third-order valence-electron chi connectivity index (χ3n) is 4.42. The van der Waals surface area contributed by atoms with Crippen LogP contribution in [0.4, 0.5) is 23.7 Å². The predicted molar refractivity (Wildman–Crippen MR) is 76.6 cm³/mol. The van der Waals surface area contributed by atoms with Gasteiger partial charge in [-0.15, -0.1) is 0 Å². The van der Waals surface area contributed by atoms with Crippen LogP contribution in [-0.2, 0) is 6.18 Å². The van der Waals surface area contributed by atoms with Crippen molar-refractivity contribution in [3.63, 3.8) is 0 Å². The Bertz CT molecular complexity index is 561. The Morgan fingerprint density at radius 1 is 1.27 bits per heavy atom. The number of anilines is 1. The molecule has 2 aliphatic rings. The molecule has 2 aliphatic heterocycles. The lowest BCUT2D eigenvalue weighted by molar-refractivity contribution is -0.136. The minimum Gasteiger partial charge on any atom is -0.324 e.